The highest BCUT2D eigenvalue weighted by Crippen LogP contribution is 2.36. The summed E-state index contributed by atoms with van der Waals surface area (Å²) < 4.78 is 0. The zero-order valence-corrected chi connectivity index (χ0v) is 12.2. The maximum atomic E-state index is 11.3. The van der Waals surface area contributed by atoms with Gasteiger partial charge in [0.1, 0.15) is 6.33 Å². The molecule has 7 heteroatoms. The number of anilines is 2. The van der Waals surface area contributed by atoms with Crippen LogP contribution in [0.25, 0.3) is 0 Å². The fourth-order valence-electron chi connectivity index (χ4n) is 2.59. The lowest BCUT2D eigenvalue weighted by molar-refractivity contribution is -0.383. The third-order valence-corrected chi connectivity index (χ3v) is 3.86. The summed E-state index contributed by atoms with van der Waals surface area (Å²) in [5.41, 5.74) is 0.247. The van der Waals surface area contributed by atoms with Crippen molar-refractivity contribution in [1.82, 2.24) is 9.97 Å². The van der Waals surface area contributed by atoms with Gasteiger partial charge in [-0.1, -0.05) is 13.8 Å². The molecule has 0 spiro atoms. The predicted octanol–water partition coefficient (Wildman–Crippen LogP) is 2.44. The van der Waals surface area contributed by atoms with Crippen LogP contribution in [0.4, 0.5) is 17.3 Å². The van der Waals surface area contributed by atoms with Gasteiger partial charge in [-0.05, 0) is 24.7 Å². The van der Waals surface area contributed by atoms with Crippen molar-refractivity contribution in [3.05, 3.63) is 16.4 Å². The van der Waals surface area contributed by atoms with E-state index in [2.05, 4.69) is 29.1 Å². The van der Waals surface area contributed by atoms with Gasteiger partial charge in [0, 0.05) is 20.1 Å². The minimum absolute atomic E-state index is 0.0327. The topological polar surface area (TPSA) is 84.2 Å². The van der Waals surface area contributed by atoms with E-state index in [1.54, 1.807) is 7.05 Å². The first-order valence-corrected chi connectivity index (χ1v) is 6.87. The number of hydrogen-bond donors (Lipinski definition) is 1. The van der Waals surface area contributed by atoms with Crippen LogP contribution in [-0.4, -0.2) is 35.0 Å². The lowest BCUT2D eigenvalue weighted by atomic mass is 9.85. The van der Waals surface area contributed by atoms with Gasteiger partial charge >= 0.3 is 5.69 Å². The van der Waals surface area contributed by atoms with Crippen LogP contribution in [0.1, 0.15) is 33.1 Å². The SMILES string of the molecule is CNc1ncnc(N2CCCC(C)(C)CC2)c1[N+](=O)[O-]. The minimum atomic E-state index is -0.406. The van der Waals surface area contributed by atoms with Crippen LogP contribution in [0.3, 0.4) is 0 Å². The Labute approximate surface area is 118 Å². The largest absolute Gasteiger partial charge is 0.367 e. The van der Waals surface area contributed by atoms with Gasteiger partial charge in [0.25, 0.3) is 0 Å². The van der Waals surface area contributed by atoms with Crippen molar-refractivity contribution in [3.63, 3.8) is 0 Å². The highest BCUT2D eigenvalue weighted by atomic mass is 16.6. The van der Waals surface area contributed by atoms with Gasteiger partial charge < -0.3 is 10.2 Å². The minimum Gasteiger partial charge on any atom is -0.367 e. The first-order chi connectivity index (χ1) is 9.44. The molecule has 0 amide bonds. The average Bonchev–Trinajstić information content (AvgIpc) is 2.58. The van der Waals surface area contributed by atoms with Crippen LogP contribution >= 0.6 is 0 Å². The third-order valence-electron chi connectivity index (χ3n) is 3.86. The van der Waals surface area contributed by atoms with Crippen LogP contribution < -0.4 is 10.2 Å². The van der Waals surface area contributed by atoms with Gasteiger partial charge in [0.2, 0.25) is 11.6 Å². The number of hydrogen-bond acceptors (Lipinski definition) is 6. The molecule has 0 aromatic carbocycles. The Hall–Kier alpha value is -1.92. The molecule has 1 saturated heterocycles. The highest BCUT2D eigenvalue weighted by Gasteiger charge is 2.30. The van der Waals surface area contributed by atoms with E-state index in [1.807, 2.05) is 4.90 Å². The predicted molar refractivity (Wildman–Crippen MR) is 78.1 cm³/mol. The van der Waals surface area contributed by atoms with E-state index in [0.717, 1.165) is 32.4 Å². The van der Waals surface area contributed by atoms with E-state index in [-0.39, 0.29) is 16.9 Å². The molecule has 110 valence electrons. The fourth-order valence-corrected chi connectivity index (χ4v) is 2.59. The quantitative estimate of drug-likeness (QED) is 0.675. The second-order valence-corrected chi connectivity index (χ2v) is 5.91. The zero-order valence-electron chi connectivity index (χ0n) is 12.2. The maximum absolute atomic E-state index is 11.3. The van der Waals surface area contributed by atoms with Gasteiger partial charge in [-0.3, -0.25) is 10.1 Å². The molecule has 1 N–H and O–H groups in total. The van der Waals surface area contributed by atoms with E-state index < -0.39 is 4.92 Å². The van der Waals surface area contributed by atoms with Crippen molar-refractivity contribution < 1.29 is 4.92 Å². The fraction of sp³-hybridized carbons (Fsp3) is 0.692. The van der Waals surface area contributed by atoms with Crippen molar-refractivity contribution in [2.75, 3.05) is 30.4 Å². The van der Waals surface area contributed by atoms with E-state index >= 15 is 0 Å². The van der Waals surface area contributed by atoms with Gasteiger partial charge in [0.05, 0.1) is 4.92 Å². The van der Waals surface area contributed by atoms with Crippen molar-refractivity contribution >= 4 is 17.3 Å². The molecule has 0 saturated carbocycles. The van der Waals surface area contributed by atoms with Crippen LogP contribution in [0.15, 0.2) is 6.33 Å². The summed E-state index contributed by atoms with van der Waals surface area (Å²) in [6.07, 6.45) is 4.53. The van der Waals surface area contributed by atoms with Crippen LogP contribution in [0.2, 0.25) is 0 Å². The third kappa shape index (κ3) is 2.97. The molecule has 7 nitrogen and oxygen atoms in total. The molecule has 0 radical (unpaired) electrons. The number of nitro groups is 1. The summed E-state index contributed by atoms with van der Waals surface area (Å²) >= 11 is 0. The molecular formula is C13H21N5O2. The van der Waals surface area contributed by atoms with E-state index in [4.69, 9.17) is 0 Å². The molecule has 1 aliphatic rings. The first-order valence-electron chi connectivity index (χ1n) is 6.87. The number of rotatable bonds is 3. The Morgan fingerprint density at radius 3 is 2.75 bits per heavy atom. The number of aromatic nitrogens is 2. The van der Waals surface area contributed by atoms with Gasteiger partial charge in [-0.25, -0.2) is 9.97 Å². The zero-order chi connectivity index (χ0) is 14.8. The van der Waals surface area contributed by atoms with Gasteiger partial charge in [-0.2, -0.15) is 0 Å². The van der Waals surface area contributed by atoms with Crippen molar-refractivity contribution in [1.29, 1.82) is 0 Å². The van der Waals surface area contributed by atoms with Gasteiger partial charge in [0.15, 0.2) is 0 Å². The Morgan fingerprint density at radius 2 is 2.10 bits per heavy atom. The standard InChI is InChI=1S/C13H21N5O2/c1-13(2)5-4-7-17(8-6-13)12-10(18(19)20)11(14-3)15-9-16-12/h9H,4-8H2,1-3H3,(H,14,15,16). The first kappa shape index (κ1) is 14.5. The average molecular weight is 279 g/mol. The molecule has 0 bridgehead atoms. The molecule has 1 fully saturated rings. The molecule has 1 aromatic rings. The van der Waals surface area contributed by atoms with Crippen LogP contribution in [0.5, 0.6) is 0 Å². The summed E-state index contributed by atoms with van der Waals surface area (Å²) in [6, 6.07) is 0. The Bertz CT molecular complexity index is 504. The lowest BCUT2D eigenvalue weighted by Gasteiger charge is -2.24. The van der Waals surface area contributed by atoms with E-state index in [9.17, 15) is 10.1 Å². The molecule has 2 heterocycles. The van der Waals surface area contributed by atoms with Crippen LogP contribution in [-0.2, 0) is 0 Å². The molecule has 1 aliphatic heterocycles. The summed E-state index contributed by atoms with van der Waals surface area (Å²) in [4.78, 5) is 21.0. The normalized spacial score (nSPS) is 18.4. The molecule has 0 unspecified atom stereocenters. The summed E-state index contributed by atoms with van der Waals surface area (Å²) in [5.74, 6) is 0.690. The van der Waals surface area contributed by atoms with Crippen molar-refractivity contribution in [3.8, 4) is 0 Å². The molecule has 2 rings (SSSR count). The van der Waals surface area contributed by atoms with E-state index in [1.165, 1.54) is 6.33 Å². The Morgan fingerprint density at radius 1 is 1.35 bits per heavy atom. The second-order valence-electron chi connectivity index (χ2n) is 5.91. The van der Waals surface area contributed by atoms with Crippen molar-refractivity contribution in [2.45, 2.75) is 33.1 Å². The number of nitrogens with zero attached hydrogens (tertiary/aromatic N) is 4. The monoisotopic (exact) mass is 279 g/mol. The molecule has 1 aromatic heterocycles. The summed E-state index contributed by atoms with van der Waals surface area (Å²) in [7, 11) is 1.63. The lowest BCUT2D eigenvalue weighted by Crippen LogP contribution is -2.27. The number of nitrogens with one attached hydrogen (secondary N) is 1. The van der Waals surface area contributed by atoms with Crippen molar-refractivity contribution in [2.24, 2.45) is 5.41 Å². The highest BCUT2D eigenvalue weighted by molar-refractivity contribution is 5.70. The molecule has 0 atom stereocenters. The smallest absolute Gasteiger partial charge is 0.353 e. The molecule has 0 aliphatic carbocycles. The summed E-state index contributed by atoms with van der Waals surface area (Å²) in [5, 5.41) is 14.1. The Kier molecular flexibility index (Phi) is 4.06. The molecular weight excluding hydrogens is 258 g/mol. The van der Waals surface area contributed by atoms with E-state index in [0.29, 0.717) is 5.82 Å². The summed E-state index contributed by atoms with van der Waals surface area (Å²) in [6.45, 7) is 6.06. The Balaban J connectivity index is 2.35. The molecule has 20 heavy (non-hydrogen) atoms. The second kappa shape index (κ2) is 5.60. The van der Waals surface area contributed by atoms with Crippen LogP contribution in [0, 0.1) is 15.5 Å². The maximum Gasteiger partial charge on any atom is 0.353 e. The van der Waals surface area contributed by atoms with Gasteiger partial charge in [-0.15, -0.1) is 0 Å².